The number of hydrogen-bond donors (Lipinski definition) is 3. The van der Waals surface area contributed by atoms with Gasteiger partial charge in [-0.15, -0.1) is 0 Å². The Morgan fingerprint density at radius 2 is 1.90 bits per heavy atom. The smallest absolute Gasteiger partial charge is 0.329 e. The highest BCUT2D eigenvalue weighted by molar-refractivity contribution is 5.98. The fourth-order valence-electron chi connectivity index (χ4n) is 6.21. The Morgan fingerprint density at radius 3 is 2.64 bits per heavy atom. The maximum atomic E-state index is 13.6. The Morgan fingerprint density at radius 1 is 1.10 bits per heavy atom. The molecule has 4 saturated heterocycles. The first-order valence-electron chi connectivity index (χ1n) is 13.9. The highest BCUT2D eigenvalue weighted by atomic mass is 16.6. The minimum absolute atomic E-state index is 0.0156. The Hall–Kier alpha value is -3.47. The average Bonchev–Trinajstić information content (AvgIpc) is 3.65. The van der Waals surface area contributed by atoms with Gasteiger partial charge in [-0.2, -0.15) is 0 Å². The van der Waals surface area contributed by atoms with Crippen LogP contribution in [0, 0.1) is 0 Å². The second-order valence-electron chi connectivity index (χ2n) is 11.0. The molecule has 6 atom stereocenters. The van der Waals surface area contributed by atoms with Crippen LogP contribution in [0.2, 0.25) is 0 Å². The quantitative estimate of drug-likeness (QED) is 0.429. The summed E-state index contributed by atoms with van der Waals surface area (Å²) in [5.74, 6) is -1.24. The summed E-state index contributed by atoms with van der Waals surface area (Å²) in [6.45, 7) is 2.35. The third kappa shape index (κ3) is 5.50. The Balaban J connectivity index is 1.22. The minimum Gasteiger partial charge on any atom is -0.459 e. The second-order valence-corrected chi connectivity index (χ2v) is 11.0. The average molecular weight is 540 g/mol. The van der Waals surface area contributed by atoms with Gasteiger partial charge in [-0.1, -0.05) is 25.0 Å². The fraction of sp³-hybridized carbons (Fsp3) is 0.607. The number of hydrogen-bond acceptors (Lipinski definition) is 7. The van der Waals surface area contributed by atoms with Gasteiger partial charge in [0.25, 0.3) is 5.91 Å². The monoisotopic (exact) mass is 539 g/mol. The van der Waals surface area contributed by atoms with E-state index >= 15 is 0 Å². The van der Waals surface area contributed by atoms with Crippen molar-refractivity contribution in [3.8, 4) is 0 Å². The first-order chi connectivity index (χ1) is 18.8. The first-order valence-corrected chi connectivity index (χ1v) is 13.9. The van der Waals surface area contributed by atoms with Crippen LogP contribution in [0.15, 0.2) is 24.3 Å². The molecule has 4 heterocycles. The molecule has 39 heavy (non-hydrogen) atoms. The lowest BCUT2D eigenvalue weighted by molar-refractivity contribution is -0.149. The van der Waals surface area contributed by atoms with Crippen molar-refractivity contribution in [1.29, 1.82) is 0 Å². The molecular weight excluding hydrogens is 502 g/mol. The summed E-state index contributed by atoms with van der Waals surface area (Å²) in [6.07, 6.45) is 4.82. The Bertz CT molecular complexity index is 1160. The second kappa shape index (κ2) is 11.3. The molecule has 0 saturated carbocycles. The van der Waals surface area contributed by atoms with Crippen molar-refractivity contribution in [3.05, 3.63) is 35.4 Å². The van der Waals surface area contributed by atoms with Crippen LogP contribution in [0.5, 0.6) is 0 Å². The Labute approximate surface area is 228 Å². The van der Waals surface area contributed by atoms with E-state index in [0.29, 0.717) is 31.4 Å². The van der Waals surface area contributed by atoms with Gasteiger partial charge in [0.1, 0.15) is 24.2 Å². The van der Waals surface area contributed by atoms with E-state index in [1.54, 1.807) is 42.0 Å². The van der Waals surface area contributed by atoms with Gasteiger partial charge in [0.15, 0.2) is 0 Å². The van der Waals surface area contributed by atoms with E-state index in [0.717, 1.165) is 31.2 Å². The molecule has 0 spiro atoms. The lowest BCUT2D eigenvalue weighted by Crippen LogP contribution is -2.57. The zero-order valence-corrected chi connectivity index (χ0v) is 22.5. The summed E-state index contributed by atoms with van der Waals surface area (Å²) in [6, 6.07) is 4.81. The van der Waals surface area contributed by atoms with Crippen molar-refractivity contribution in [3.63, 3.8) is 0 Å². The van der Waals surface area contributed by atoms with Gasteiger partial charge >= 0.3 is 5.97 Å². The van der Waals surface area contributed by atoms with Crippen LogP contribution in [-0.4, -0.2) is 89.3 Å². The molecule has 6 unspecified atom stereocenters. The summed E-state index contributed by atoms with van der Waals surface area (Å²) in [7, 11) is 1.69. The van der Waals surface area contributed by atoms with E-state index < -0.39 is 24.2 Å². The molecule has 11 nitrogen and oxygen atoms in total. The van der Waals surface area contributed by atoms with E-state index in [-0.39, 0.29) is 48.3 Å². The number of fused-ring (bicyclic) bond motifs is 3. The molecule has 0 aliphatic carbocycles. The molecule has 2 bridgehead atoms. The number of morpholine rings is 1. The van der Waals surface area contributed by atoms with E-state index in [1.807, 2.05) is 6.07 Å². The molecule has 1 aromatic rings. The number of nitrogens with zero attached hydrogens (tertiary/aromatic N) is 2. The molecule has 3 N–H and O–H groups in total. The summed E-state index contributed by atoms with van der Waals surface area (Å²) in [4.78, 5) is 67.6. The van der Waals surface area contributed by atoms with Crippen LogP contribution in [0.4, 0.5) is 0 Å². The lowest BCUT2D eigenvalue weighted by Gasteiger charge is -2.35. The van der Waals surface area contributed by atoms with E-state index in [1.165, 1.54) is 0 Å². The topological polar surface area (TPSA) is 137 Å². The molecule has 11 heteroatoms. The Kier molecular flexibility index (Phi) is 7.88. The van der Waals surface area contributed by atoms with Crippen molar-refractivity contribution in [1.82, 2.24) is 25.8 Å². The van der Waals surface area contributed by atoms with Crippen LogP contribution >= 0.6 is 0 Å². The van der Waals surface area contributed by atoms with E-state index in [2.05, 4.69) is 16.0 Å². The molecule has 0 aromatic heterocycles. The van der Waals surface area contributed by atoms with E-state index in [9.17, 15) is 24.0 Å². The third-order valence-corrected chi connectivity index (χ3v) is 8.50. The summed E-state index contributed by atoms with van der Waals surface area (Å²) in [5, 5.41) is 8.73. The normalized spacial score (nSPS) is 28.8. The summed E-state index contributed by atoms with van der Waals surface area (Å²) in [5.41, 5.74) is 1.21. The molecule has 0 radical (unpaired) electrons. The molecule has 4 aliphatic rings. The van der Waals surface area contributed by atoms with Gasteiger partial charge in [-0.05, 0) is 57.4 Å². The van der Waals surface area contributed by atoms with Gasteiger partial charge in [-0.3, -0.25) is 19.2 Å². The number of likely N-dealkylation sites (N-methyl/N-ethyl adjacent to an activating group) is 1. The van der Waals surface area contributed by atoms with Crippen LogP contribution in [0.25, 0.3) is 0 Å². The van der Waals surface area contributed by atoms with Crippen LogP contribution in [0.3, 0.4) is 0 Å². The molecule has 4 aliphatic heterocycles. The number of ether oxygens (including phenoxy) is 1. The first kappa shape index (κ1) is 27.1. The SMILES string of the molecule is CNC(C)C(=O)NC1CCCCC2CCC(C(=O)NCc3cccc(C(=O)N4CC5CC4C(=O)O5)c3)N2C1=O. The minimum atomic E-state index is -0.648. The number of rotatable bonds is 7. The highest BCUT2D eigenvalue weighted by Gasteiger charge is 2.48. The van der Waals surface area contributed by atoms with Crippen LogP contribution in [0.1, 0.15) is 67.8 Å². The molecular formula is C28H37N5O6. The summed E-state index contributed by atoms with van der Waals surface area (Å²) >= 11 is 0. The van der Waals surface area contributed by atoms with Crippen LogP contribution < -0.4 is 16.0 Å². The van der Waals surface area contributed by atoms with Gasteiger partial charge in [-0.25, -0.2) is 4.79 Å². The van der Waals surface area contributed by atoms with E-state index in [4.69, 9.17) is 4.74 Å². The third-order valence-electron chi connectivity index (χ3n) is 8.50. The number of amides is 4. The zero-order chi connectivity index (χ0) is 27.7. The van der Waals surface area contributed by atoms with Crippen molar-refractivity contribution >= 4 is 29.6 Å². The number of nitrogens with one attached hydrogen (secondary N) is 3. The molecule has 5 rings (SSSR count). The molecule has 1 aromatic carbocycles. The van der Waals surface area contributed by atoms with Crippen LogP contribution in [-0.2, 0) is 30.5 Å². The number of carbonyl (C=O) groups excluding carboxylic acids is 5. The largest absolute Gasteiger partial charge is 0.459 e. The predicted octanol–water partition coefficient (Wildman–Crippen LogP) is 0.469. The van der Waals surface area contributed by atoms with Crippen molar-refractivity contribution < 1.29 is 28.7 Å². The maximum absolute atomic E-state index is 13.6. The molecule has 4 fully saturated rings. The summed E-state index contributed by atoms with van der Waals surface area (Å²) < 4.78 is 5.18. The standard InChI is InChI=1S/C28H37N5O6/c1-16(29-2)24(34)31-21-9-4-3-8-19-10-11-22(33(19)27(21)37)25(35)30-14-17-6-5-7-18(12-17)26(36)32-15-20-13-23(32)28(38)39-20/h5-7,12,16,19-23,29H,3-4,8-11,13-15H2,1-2H3,(H,30,35)(H,31,34). The number of likely N-dealkylation sites (tertiary alicyclic amines) is 1. The van der Waals surface area contributed by atoms with Gasteiger partial charge in [0.2, 0.25) is 17.7 Å². The molecule has 210 valence electrons. The van der Waals surface area contributed by atoms with Gasteiger partial charge in [0.05, 0.1) is 12.6 Å². The molecule has 4 amide bonds. The van der Waals surface area contributed by atoms with Gasteiger partial charge in [0, 0.05) is 24.6 Å². The maximum Gasteiger partial charge on any atom is 0.329 e. The zero-order valence-electron chi connectivity index (χ0n) is 22.5. The highest BCUT2D eigenvalue weighted by Crippen LogP contribution is 2.32. The fourth-order valence-corrected chi connectivity index (χ4v) is 6.21. The van der Waals surface area contributed by atoms with Crippen molar-refractivity contribution in [2.75, 3.05) is 13.6 Å². The van der Waals surface area contributed by atoms with Crippen molar-refractivity contribution in [2.24, 2.45) is 0 Å². The number of carbonyl (C=O) groups is 5. The predicted molar refractivity (Wildman–Crippen MR) is 140 cm³/mol. The van der Waals surface area contributed by atoms with Gasteiger partial charge < -0.3 is 30.5 Å². The lowest BCUT2D eigenvalue weighted by atomic mass is 9.98. The number of benzene rings is 1. The number of esters is 1. The van der Waals surface area contributed by atoms with Crippen molar-refractivity contribution in [2.45, 2.75) is 94.7 Å².